The van der Waals surface area contributed by atoms with Crippen LogP contribution in [0.1, 0.15) is 37.0 Å². The van der Waals surface area contributed by atoms with Crippen molar-refractivity contribution >= 4 is 33.1 Å². The summed E-state index contributed by atoms with van der Waals surface area (Å²) in [7, 11) is -3.07. The van der Waals surface area contributed by atoms with E-state index in [1.54, 1.807) is 35.6 Å². The van der Waals surface area contributed by atoms with Crippen molar-refractivity contribution in [2.45, 2.75) is 39.3 Å². The Hall–Kier alpha value is -3.54. The Morgan fingerprint density at radius 1 is 1.14 bits per heavy atom. The Morgan fingerprint density at radius 3 is 2.62 bits per heavy atom. The Kier molecular flexibility index (Phi) is 6.84. The van der Waals surface area contributed by atoms with Crippen molar-refractivity contribution < 1.29 is 13.2 Å². The molecular weight excluding hydrogens is 492 g/mol. The number of hydrogen-bond donors (Lipinski definition) is 2. The molecule has 0 spiro atoms. The maximum absolute atomic E-state index is 13.1. The molecule has 5 rings (SSSR count). The zero-order valence-corrected chi connectivity index (χ0v) is 22.1. The third-order valence-corrected chi connectivity index (χ3v) is 7.38. The molecule has 11 nitrogen and oxygen atoms in total. The molecular formula is C25H32N8O3S. The van der Waals surface area contributed by atoms with E-state index in [9.17, 15) is 13.2 Å². The Bertz CT molecular complexity index is 1390. The molecule has 1 saturated carbocycles. The van der Waals surface area contributed by atoms with Gasteiger partial charge in [0.1, 0.15) is 21.5 Å². The minimum atomic E-state index is -3.07. The van der Waals surface area contributed by atoms with Crippen LogP contribution in [-0.2, 0) is 16.4 Å². The highest BCUT2D eigenvalue weighted by Gasteiger charge is 2.34. The number of nitrogens with zero attached hydrogens (tertiary/aromatic N) is 6. The van der Waals surface area contributed by atoms with E-state index in [4.69, 9.17) is 0 Å². The predicted octanol–water partition coefficient (Wildman–Crippen LogP) is 2.83. The molecule has 3 aromatic rings. The first-order valence-corrected chi connectivity index (χ1v) is 14.6. The molecule has 2 fully saturated rings. The summed E-state index contributed by atoms with van der Waals surface area (Å²) in [5.41, 5.74) is 1.95. The molecule has 2 N–H and O–H groups in total. The van der Waals surface area contributed by atoms with Gasteiger partial charge in [-0.3, -0.25) is 9.48 Å². The van der Waals surface area contributed by atoms with Gasteiger partial charge in [-0.25, -0.2) is 23.4 Å². The number of anilines is 3. The lowest BCUT2D eigenvalue weighted by Gasteiger charge is -2.39. The van der Waals surface area contributed by atoms with E-state index in [0.29, 0.717) is 41.8 Å². The van der Waals surface area contributed by atoms with Crippen LogP contribution in [0.2, 0.25) is 0 Å². The normalized spacial score (nSPS) is 16.1. The predicted molar refractivity (Wildman–Crippen MR) is 141 cm³/mol. The molecule has 3 aromatic heterocycles. The monoisotopic (exact) mass is 524 g/mol. The second kappa shape index (κ2) is 10.1. The number of hydrogen-bond acceptors (Lipinski definition) is 9. The van der Waals surface area contributed by atoms with Crippen molar-refractivity contribution in [2.75, 3.05) is 35.7 Å². The number of carbonyl (C=O) groups excluding carboxylic acids is 1. The van der Waals surface area contributed by atoms with Crippen molar-refractivity contribution in [2.24, 2.45) is 11.8 Å². The minimum absolute atomic E-state index is 0.0258. The summed E-state index contributed by atoms with van der Waals surface area (Å²) in [6.45, 7) is 5.76. The molecule has 0 aromatic carbocycles. The van der Waals surface area contributed by atoms with E-state index in [2.05, 4.69) is 30.7 Å². The summed E-state index contributed by atoms with van der Waals surface area (Å²) < 4.78 is 25.0. The van der Waals surface area contributed by atoms with Gasteiger partial charge in [-0.05, 0) is 38.7 Å². The minimum Gasteiger partial charge on any atom is -0.382 e. The van der Waals surface area contributed by atoms with Gasteiger partial charge in [0.2, 0.25) is 0 Å². The van der Waals surface area contributed by atoms with Gasteiger partial charge < -0.3 is 15.5 Å². The zero-order valence-electron chi connectivity index (χ0n) is 21.3. The molecule has 0 unspecified atom stereocenters. The maximum Gasteiger partial charge on any atom is 0.257 e. The molecule has 0 bridgehead atoms. The fourth-order valence-corrected chi connectivity index (χ4v) is 5.47. The van der Waals surface area contributed by atoms with Crippen molar-refractivity contribution in [1.29, 1.82) is 0 Å². The van der Waals surface area contributed by atoms with Gasteiger partial charge in [0.25, 0.3) is 5.91 Å². The van der Waals surface area contributed by atoms with Crippen molar-refractivity contribution in [3.05, 3.63) is 42.5 Å². The molecule has 2 aliphatic rings. The molecule has 0 atom stereocenters. The number of likely N-dealkylation sites (tertiary alicyclic amines) is 1. The molecule has 1 amide bonds. The third kappa shape index (κ3) is 6.43. The van der Waals surface area contributed by atoms with Crippen LogP contribution >= 0.6 is 0 Å². The summed E-state index contributed by atoms with van der Waals surface area (Å²) in [6, 6.07) is 3.64. The van der Waals surface area contributed by atoms with E-state index in [1.165, 1.54) is 19.1 Å². The molecule has 0 radical (unpaired) electrons. The Morgan fingerprint density at radius 2 is 1.92 bits per heavy atom. The molecule has 12 heteroatoms. The van der Waals surface area contributed by atoms with Gasteiger partial charge >= 0.3 is 0 Å². The highest BCUT2D eigenvalue weighted by molar-refractivity contribution is 7.90. The fourth-order valence-electron chi connectivity index (χ4n) is 4.41. The lowest BCUT2D eigenvalue weighted by atomic mass is 10.0. The average Bonchev–Trinajstić information content (AvgIpc) is 3.49. The van der Waals surface area contributed by atoms with Crippen LogP contribution in [0.4, 0.5) is 17.3 Å². The van der Waals surface area contributed by atoms with Gasteiger partial charge in [0, 0.05) is 62.5 Å². The van der Waals surface area contributed by atoms with Gasteiger partial charge in [-0.15, -0.1) is 0 Å². The van der Waals surface area contributed by atoms with E-state index in [-0.39, 0.29) is 23.6 Å². The Labute approximate surface area is 216 Å². The van der Waals surface area contributed by atoms with E-state index < -0.39 is 9.84 Å². The van der Waals surface area contributed by atoms with Crippen LogP contribution in [-0.4, -0.2) is 75.1 Å². The number of sulfone groups is 1. The molecule has 196 valence electrons. The molecule has 4 heterocycles. The standard InChI is InChI=1S/C25H32N8O3S/c1-16(2)29-21-8-23(27-10-20(21)25(34)32-11-18(12-32)15-37(3,35)36)30-22-6-7-26-24(31-22)19-9-28-33(14-19)13-17-4-5-17/h6-10,14,16-18H,4-5,11-13,15H2,1-3H3,(H2,26,27,29,30,31). The fraction of sp³-hybridized carbons (Fsp3) is 0.480. The SMILES string of the molecule is CC(C)Nc1cc(Nc2ccnc(-c3cnn(CC4CC4)c3)n2)ncc1C(=O)N1CC(CS(C)(=O)=O)C1. The van der Waals surface area contributed by atoms with E-state index >= 15 is 0 Å². The topological polar surface area (TPSA) is 135 Å². The number of rotatable bonds is 10. The summed E-state index contributed by atoms with van der Waals surface area (Å²) >= 11 is 0. The van der Waals surface area contributed by atoms with Crippen LogP contribution in [0.25, 0.3) is 11.4 Å². The second-order valence-corrected chi connectivity index (χ2v) is 12.6. The lowest BCUT2D eigenvalue weighted by molar-refractivity contribution is 0.0535. The lowest BCUT2D eigenvalue weighted by Crippen LogP contribution is -2.52. The molecule has 1 saturated heterocycles. The van der Waals surface area contributed by atoms with E-state index in [0.717, 1.165) is 18.0 Å². The van der Waals surface area contributed by atoms with Gasteiger partial charge in [0.15, 0.2) is 5.82 Å². The van der Waals surface area contributed by atoms with Crippen molar-refractivity contribution in [3.8, 4) is 11.4 Å². The highest BCUT2D eigenvalue weighted by atomic mass is 32.2. The summed E-state index contributed by atoms with van der Waals surface area (Å²) in [5.74, 6) is 2.31. The average molecular weight is 525 g/mol. The van der Waals surface area contributed by atoms with Crippen LogP contribution in [0, 0.1) is 11.8 Å². The van der Waals surface area contributed by atoms with Crippen LogP contribution in [0.3, 0.4) is 0 Å². The maximum atomic E-state index is 13.1. The first kappa shape index (κ1) is 25.1. The summed E-state index contributed by atoms with van der Waals surface area (Å²) in [5, 5.41) is 11.0. The smallest absolute Gasteiger partial charge is 0.257 e. The van der Waals surface area contributed by atoms with Crippen molar-refractivity contribution in [1.82, 2.24) is 29.6 Å². The number of nitrogens with one attached hydrogen (secondary N) is 2. The third-order valence-electron chi connectivity index (χ3n) is 6.31. The van der Waals surface area contributed by atoms with Crippen molar-refractivity contribution in [3.63, 3.8) is 0 Å². The summed E-state index contributed by atoms with van der Waals surface area (Å²) in [6.07, 6.45) is 10.7. The first-order chi connectivity index (χ1) is 17.6. The largest absolute Gasteiger partial charge is 0.382 e. The van der Waals surface area contributed by atoms with Crippen LogP contribution < -0.4 is 10.6 Å². The number of carbonyl (C=O) groups is 1. The molecule has 1 aliphatic heterocycles. The number of pyridine rings is 1. The zero-order chi connectivity index (χ0) is 26.2. The Balaban J connectivity index is 1.30. The van der Waals surface area contributed by atoms with Crippen LogP contribution in [0.5, 0.6) is 0 Å². The summed E-state index contributed by atoms with van der Waals surface area (Å²) in [4.78, 5) is 28.3. The van der Waals surface area contributed by atoms with Gasteiger partial charge in [0.05, 0.1) is 28.8 Å². The first-order valence-electron chi connectivity index (χ1n) is 12.5. The van der Waals surface area contributed by atoms with Gasteiger partial charge in [-0.2, -0.15) is 5.10 Å². The van der Waals surface area contributed by atoms with Crippen LogP contribution in [0.15, 0.2) is 36.9 Å². The van der Waals surface area contributed by atoms with Gasteiger partial charge in [-0.1, -0.05) is 0 Å². The molecule has 37 heavy (non-hydrogen) atoms. The van der Waals surface area contributed by atoms with E-state index in [1.807, 2.05) is 24.7 Å². The number of aromatic nitrogens is 5. The highest BCUT2D eigenvalue weighted by Crippen LogP contribution is 2.31. The molecule has 1 aliphatic carbocycles. The quantitative estimate of drug-likeness (QED) is 0.410. The number of amides is 1. The second-order valence-electron chi connectivity index (χ2n) is 10.4.